The summed E-state index contributed by atoms with van der Waals surface area (Å²) in [7, 11) is 0. The predicted molar refractivity (Wildman–Crippen MR) is 185 cm³/mol. The van der Waals surface area contributed by atoms with Gasteiger partial charge in [-0.3, -0.25) is 14.4 Å². The SMILES string of the molecule is Cc1ccc(-c2ccc(C(=O)Oc3ccc(CN(CC(=O)O)C(=O)c4ccc(NC(=O)CCc5ccc(Cl)cc5)cc4)cc3)cc2)cc1. The molecule has 0 aliphatic rings. The summed E-state index contributed by atoms with van der Waals surface area (Å²) in [5.41, 5.74) is 6.04. The van der Waals surface area contributed by atoms with Crippen molar-refractivity contribution in [2.45, 2.75) is 26.3 Å². The van der Waals surface area contributed by atoms with Crippen molar-refractivity contribution in [2.75, 3.05) is 11.9 Å². The van der Waals surface area contributed by atoms with E-state index in [2.05, 4.69) is 5.32 Å². The number of hydrogen-bond donors (Lipinski definition) is 2. The molecule has 5 rings (SSSR count). The maximum atomic E-state index is 13.3. The third-order valence-corrected chi connectivity index (χ3v) is 7.85. The van der Waals surface area contributed by atoms with E-state index in [4.69, 9.17) is 16.3 Å². The molecule has 0 radical (unpaired) electrons. The van der Waals surface area contributed by atoms with Gasteiger partial charge in [0.15, 0.2) is 0 Å². The van der Waals surface area contributed by atoms with Gasteiger partial charge in [-0.15, -0.1) is 0 Å². The van der Waals surface area contributed by atoms with Crippen molar-refractivity contribution in [1.29, 1.82) is 0 Å². The fourth-order valence-corrected chi connectivity index (χ4v) is 5.09. The molecule has 9 heteroatoms. The minimum Gasteiger partial charge on any atom is -0.480 e. The quantitative estimate of drug-likeness (QED) is 0.104. The number of nitrogens with one attached hydrogen (secondary N) is 1. The Balaban J connectivity index is 1.16. The number of amides is 2. The number of carboxylic acids is 1. The average molecular weight is 661 g/mol. The molecular formula is C39H33ClN2O6. The molecule has 48 heavy (non-hydrogen) atoms. The first-order valence-electron chi connectivity index (χ1n) is 15.3. The molecular weight excluding hydrogens is 628 g/mol. The summed E-state index contributed by atoms with van der Waals surface area (Å²) in [6, 6.07) is 35.4. The topological polar surface area (TPSA) is 113 Å². The van der Waals surface area contributed by atoms with E-state index in [1.54, 1.807) is 72.8 Å². The number of benzene rings is 5. The predicted octanol–water partition coefficient (Wildman–Crippen LogP) is 7.83. The molecule has 0 aromatic heterocycles. The van der Waals surface area contributed by atoms with Gasteiger partial charge < -0.3 is 20.1 Å². The summed E-state index contributed by atoms with van der Waals surface area (Å²) in [4.78, 5) is 51.3. The minimum absolute atomic E-state index is 0.0169. The molecule has 0 aliphatic heterocycles. The molecule has 5 aromatic carbocycles. The number of nitrogens with zero attached hydrogens (tertiary/aromatic N) is 1. The highest BCUT2D eigenvalue weighted by molar-refractivity contribution is 6.30. The number of anilines is 1. The third kappa shape index (κ3) is 9.40. The number of ether oxygens (including phenoxy) is 1. The second-order valence-corrected chi connectivity index (χ2v) is 11.7. The van der Waals surface area contributed by atoms with Gasteiger partial charge >= 0.3 is 11.9 Å². The summed E-state index contributed by atoms with van der Waals surface area (Å²) in [6.07, 6.45) is 0.824. The molecule has 0 spiro atoms. The fraction of sp³-hybridized carbons (Fsp3) is 0.128. The highest BCUT2D eigenvalue weighted by Gasteiger charge is 2.20. The molecule has 0 saturated heterocycles. The van der Waals surface area contributed by atoms with Gasteiger partial charge in [-0.1, -0.05) is 77.8 Å². The van der Waals surface area contributed by atoms with Crippen molar-refractivity contribution < 1.29 is 29.0 Å². The lowest BCUT2D eigenvalue weighted by molar-refractivity contribution is -0.137. The number of halogens is 1. The number of carboxylic acid groups (broad SMARTS) is 1. The molecule has 0 fully saturated rings. The first-order valence-corrected chi connectivity index (χ1v) is 15.6. The van der Waals surface area contributed by atoms with Crippen molar-refractivity contribution in [2.24, 2.45) is 0 Å². The van der Waals surface area contributed by atoms with Crippen LogP contribution in [0.4, 0.5) is 5.69 Å². The van der Waals surface area contributed by atoms with Crippen molar-refractivity contribution in [3.8, 4) is 16.9 Å². The number of carbonyl (C=O) groups excluding carboxylic acids is 3. The Labute approximate surface area is 283 Å². The van der Waals surface area contributed by atoms with Crippen molar-refractivity contribution in [3.05, 3.63) is 154 Å². The third-order valence-electron chi connectivity index (χ3n) is 7.60. The van der Waals surface area contributed by atoms with E-state index < -0.39 is 24.4 Å². The molecule has 8 nitrogen and oxygen atoms in total. The van der Waals surface area contributed by atoms with Gasteiger partial charge in [-0.2, -0.15) is 0 Å². The Bertz CT molecular complexity index is 1890. The minimum atomic E-state index is -1.16. The molecule has 5 aromatic rings. The Morgan fingerprint density at radius 3 is 1.88 bits per heavy atom. The van der Waals surface area contributed by atoms with Crippen LogP contribution in [-0.4, -0.2) is 40.3 Å². The summed E-state index contributed by atoms with van der Waals surface area (Å²) in [5.74, 6) is -2.02. The van der Waals surface area contributed by atoms with Gasteiger partial charge in [0, 0.05) is 29.2 Å². The van der Waals surface area contributed by atoms with Crippen LogP contribution in [0.15, 0.2) is 121 Å². The van der Waals surface area contributed by atoms with E-state index in [1.165, 1.54) is 10.5 Å². The number of aryl methyl sites for hydroxylation is 2. The number of rotatable bonds is 12. The number of carbonyl (C=O) groups is 4. The van der Waals surface area contributed by atoms with E-state index in [9.17, 15) is 24.3 Å². The lowest BCUT2D eigenvalue weighted by Gasteiger charge is -2.21. The molecule has 0 saturated carbocycles. The normalized spacial score (nSPS) is 10.6. The Morgan fingerprint density at radius 2 is 1.27 bits per heavy atom. The first kappa shape index (κ1) is 33.6. The molecule has 0 unspecified atom stereocenters. The largest absolute Gasteiger partial charge is 0.480 e. The number of aliphatic carboxylic acids is 1. The zero-order valence-electron chi connectivity index (χ0n) is 26.2. The summed E-state index contributed by atoms with van der Waals surface area (Å²) < 4.78 is 5.54. The summed E-state index contributed by atoms with van der Waals surface area (Å²) in [5, 5.41) is 12.9. The molecule has 0 atom stereocenters. The standard InChI is InChI=1S/C39H33ClN2O6/c1-26-2-9-29(10-3-26)30-11-13-32(14-12-30)39(47)48-35-21-6-28(7-22-35)24-42(25-37(44)45)38(46)31-15-19-34(20-16-31)41-36(43)23-8-27-4-17-33(40)18-5-27/h2-7,9-22H,8,23-25H2,1H3,(H,41,43)(H,44,45). The van der Waals surface area contributed by atoms with Gasteiger partial charge in [-0.25, -0.2) is 4.79 Å². The van der Waals surface area contributed by atoms with Gasteiger partial charge in [0.1, 0.15) is 12.3 Å². The van der Waals surface area contributed by atoms with E-state index in [-0.39, 0.29) is 24.4 Å². The maximum Gasteiger partial charge on any atom is 0.343 e. The van der Waals surface area contributed by atoms with Crippen LogP contribution in [0.25, 0.3) is 11.1 Å². The van der Waals surface area contributed by atoms with E-state index >= 15 is 0 Å². The molecule has 0 bridgehead atoms. The van der Waals surface area contributed by atoms with E-state index in [1.807, 2.05) is 55.5 Å². The van der Waals surface area contributed by atoms with Crippen LogP contribution in [0.5, 0.6) is 5.75 Å². The second kappa shape index (κ2) is 15.7. The number of hydrogen-bond acceptors (Lipinski definition) is 5. The molecule has 2 N–H and O–H groups in total. The van der Waals surface area contributed by atoms with Crippen LogP contribution < -0.4 is 10.1 Å². The van der Waals surface area contributed by atoms with Gasteiger partial charge in [0.25, 0.3) is 5.91 Å². The van der Waals surface area contributed by atoms with Gasteiger partial charge in [0.05, 0.1) is 5.56 Å². The lowest BCUT2D eigenvalue weighted by atomic mass is 10.0. The smallest absolute Gasteiger partial charge is 0.343 e. The van der Waals surface area contributed by atoms with Gasteiger partial charge in [0.2, 0.25) is 5.91 Å². The van der Waals surface area contributed by atoms with Crippen LogP contribution in [0, 0.1) is 6.92 Å². The zero-order valence-corrected chi connectivity index (χ0v) is 26.9. The number of esters is 1. The monoisotopic (exact) mass is 660 g/mol. The van der Waals surface area contributed by atoms with Crippen LogP contribution >= 0.6 is 11.6 Å². The van der Waals surface area contributed by atoms with Crippen molar-refractivity contribution >= 4 is 41.0 Å². The highest BCUT2D eigenvalue weighted by atomic mass is 35.5. The zero-order chi connectivity index (χ0) is 34.0. The first-order chi connectivity index (χ1) is 23.1. The van der Waals surface area contributed by atoms with E-state index in [0.717, 1.165) is 16.7 Å². The summed E-state index contributed by atoms with van der Waals surface area (Å²) in [6.45, 7) is 1.53. The molecule has 0 aliphatic carbocycles. The van der Waals surface area contributed by atoms with Crippen molar-refractivity contribution in [3.63, 3.8) is 0 Å². The van der Waals surface area contributed by atoms with Crippen LogP contribution in [0.1, 0.15) is 43.8 Å². The van der Waals surface area contributed by atoms with Gasteiger partial charge in [-0.05, 0) is 96.3 Å². The second-order valence-electron chi connectivity index (χ2n) is 11.3. The molecule has 242 valence electrons. The molecule has 0 heterocycles. The van der Waals surface area contributed by atoms with Crippen LogP contribution in [-0.2, 0) is 22.6 Å². The van der Waals surface area contributed by atoms with Crippen LogP contribution in [0.3, 0.4) is 0 Å². The lowest BCUT2D eigenvalue weighted by Crippen LogP contribution is -2.35. The van der Waals surface area contributed by atoms with Crippen molar-refractivity contribution in [1.82, 2.24) is 4.90 Å². The van der Waals surface area contributed by atoms with E-state index in [0.29, 0.717) is 34.0 Å². The Hall–Kier alpha value is -5.73. The average Bonchev–Trinajstić information content (AvgIpc) is 3.09. The fourth-order valence-electron chi connectivity index (χ4n) is 4.97. The maximum absolute atomic E-state index is 13.3. The summed E-state index contributed by atoms with van der Waals surface area (Å²) >= 11 is 5.91. The Kier molecular flexibility index (Phi) is 11.0. The van der Waals surface area contributed by atoms with Crippen LogP contribution in [0.2, 0.25) is 5.02 Å². The highest BCUT2D eigenvalue weighted by Crippen LogP contribution is 2.22. The molecule has 2 amide bonds. The Morgan fingerprint density at radius 1 is 0.708 bits per heavy atom.